The van der Waals surface area contributed by atoms with Crippen LogP contribution in [0.25, 0.3) is 0 Å². The fraction of sp³-hybridized carbons (Fsp3) is 0.917. The maximum absolute atomic E-state index is 9.06. The van der Waals surface area contributed by atoms with Gasteiger partial charge in [0, 0.05) is 18.6 Å². The summed E-state index contributed by atoms with van der Waals surface area (Å²) in [7, 11) is 0. The molecule has 0 fully saturated rings. The van der Waals surface area contributed by atoms with E-state index in [0.717, 1.165) is 19.3 Å². The van der Waals surface area contributed by atoms with Crippen LogP contribution in [0, 0.1) is 11.3 Å². The zero-order valence-electron chi connectivity index (χ0n) is 10.2. The smallest absolute Gasteiger partial charge is 0.0638 e. The molecule has 88 valence electrons. The van der Waals surface area contributed by atoms with Crippen molar-refractivity contribution in [2.24, 2.45) is 0 Å². The van der Waals surface area contributed by atoms with Crippen LogP contribution in [-0.4, -0.2) is 35.2 Å². The molecule has 15 heavy (non-hydrogen) atoms. The van der Waals surface area contributed by atoms with Gasteiger partial charge in [-0.3, -0.25) is 4.90 Å². The Morgan fingerprint density at radius 1 is 1.13 bits per heavy atom. The highest BCUT2D eigenvalue weighted by atomic mass is 16.3. The first kappa shape index (κ1) is 14.4. The van der Waals surface area contributed by atoms with Crippen molar-refractivity contribution >= 4 is 0 Å². The Morgan fingerprint density at radius 3 is 2.00 bits per heavy atom. The third-order valence-corrected chi connectivity index (χ3v) is 3.04. The minimum atomic E-state index is 0.179. The molecule has 0 heterocycles. The van der Waals surface area contributed by atoms with Crippen molar-refractivity contribution in [3.8, 4) is 6.07 Å². The molecule has 1 N–H and O–H groups in total. The lowest BCUT2D eigenvalue weighted by Gasteiger charge is -2.35. The zero-order chi connectivity index (χ0) is 11.7. The number of aliphatic hydroxyl groups is 1. The van der Waals surface area contributed by atoms with E-state index in [1.807, 2.05) is 0 Å². The molecule has 0 aromatic rings. The van der Waals surface area contributed by atoms with Gasteiger partial charge < -0.3 is 5.11 Å². The fourth-order valence-corrected chi connectivity index (χ4v) is 2.14. The molecular formula is C12H24N2O. The average Bonchev–Trinajstić information content (AvgIpc) is 2.26. The first-order valence-corrected chi connectivity index (χ1v) is 5.98. The second kappa shape index (κ2) is 8.70. The molecule has 0 saturated heterocycles. The standard InChI is InChI=1S/C12H24N2O/c1-4-11(5-2)14(9-10-15)12(6-3)7-8-13/h11-12,15H,4-7,9-10H2,1-3H3. The van der Waals surface area contributed by atoms with Gasteiger partial charge in [-0.1, -0.05) is 20.8 Å². The lowest BCUT2D eigenvalue weighted by atomic mass is 10.0. The second-order valence-electron chi connectivity index (χ2n) is 3.86. The molecule has 1 unspecified atom stereocenters. The van der Waals surface area contributed by atoms with E-state index in [0.29, 0.717) is 25.0 Å². The zero-order valence-corrected chi connectivity index (χ0v) is 10.2. The highest BCUT2D eigenvalue weighted by Gasteiger charge is 2.22. The SMILES string of the molecule is CCC(CC)N(CCO)C(CC)CC#N. The van der Waals surface area contributed by atoms with Crippen LogP contribution in [0.5, 0.6) is 0 Å². The van der Waals surface area contributed by atoms with Gasteiger partial charge in [0.25, 0.3) is 0 Å². The predicted molar refractivity (Wildman–Crippen MR) is 62.5 cm³/mol. The van der Waals surface area contributed by atoms with E-state index >= 15 is 0 Å². The summed E-state index contributed by atoms with van der Waals surface area (Å²) >= 11 is 0. The van der Waals surface area contributed by atoms with Crippen molar-refractivity contribution in [1.29, 1.82) is 5.26 Å². The van der Waals surface area contributed by atoms with E-state index in [9.17, 15) is 0 Å². The highest BCUT2D eigenvalue weighted by Crippen LogP contribution is 2.16. The molecule has 3 heteroatoms. The van der Waals surface area contributed by atoms with Crippen LogP contribution in [0.4, 0.5) is 0 Å². The van der Waals surface area contributed by atoms with Crippen LogP contribution < -0.4 is 0 Å². The van der Waals surface area contributed by atoms with Crippen LogP contribution in [0.1, 0.15) is 46.5 Å². The van der Waals surface area contributed by atoms with Gasteiger partial charge in [-0.15, -0.1) is 0 Å². The summed E-state index contributed by atoms with van der Waals surface area (Å²) in [6.45, 7) is 7.30. The molecule has 0 aliphatic heterocycles. The predicted octanol–water partition coefficient (Wildman–Crippen LogP) is 2.16. The lowest BCUT2D eigenvalue weighted by Crippen LogP contribution is -2.44. The van der Waals surface area contributed by atoms with E-state index < -0.39 is 0 Å². The van der Waals surface area contributed by atoms with E-state index in [4.69, 9.17) is 10.4 Å². The average molecular weight is 212 g/mol. The summed E-state index contributed by atoms with van der Waals surface area (Å²) in [5.41, 5.74) is 0. The van der Waals surface area contributed by atoms with E-state index in [1.165, 1.54) is 0 Å². The van der Waals surface area contributed by atoms with Crippen LogP contribution >= 0.6 is 0 Å². The van der Waals surface area contributed by atoms with E-state index in [-0.39, 0.29) is 6.61 Å². The Morgan fingerprint density at radius 2 is 1.67 bits per heavy atom. The number of aliphatic hydroxyl groups excluding tert-OH is 1. The number of rotatable bonds is 8. The summed E-state index contributed by atoms with van der Waals surface area (Å²) in [5.74, 6) is 0. The minimum absolute atomic E-state index is 0.179. The first-order valence-electron chi connectivity index (χ1n) is 5.98. The molecule has 0 spiro atoms. The van der Waals surface area contributed by atoms with Crippen molar-refractivity contribution in [2.45, 2.75) is 58.5 Å². The molecule has 0 aliphatic rings. The lowest BCUT2D eigenvalue weighted by molar-refractivity contribution is 0.0957. The van der Waals surface area contributed by atoms with Gasteiger partial charge in [0.05, 0.1) is 19.1 Å². The summed E-state index contributed by atoms with van der Waals surface area (Å²) in [6, 6.07) is 3.03. The molecule has 0 aromatic carbocycles. The largest absolute Gasteiger partial charge is 0.395 e. The fourth-order valence-electron chi connectivity index (χ4n) is 2.14. The summed E-state index contributed by atoms with van der Waals surface area (Å²) in [6.07, 6.45) is 3.70. The van der Waals surface area contributed by atoms with E-state index in [1.54, 1.807) is 0 Å². The number of nitrogens with zero attached hydrogens (tertiary/aromatic N) is 2. The molecule has 1 atom stereocenters. The second-order valence-corrected chi connectivity index (χ2v) is 3.86. The van der Waals surface area contributed by atoms with Crippen LogP contribution in [-0.2, 0) is 0 Å². The molecule has 0 rings (SSSR count). The summed E-state index contributed by atoms with van der Waals surface area (Å²) in [5, 5.41) is 17.8. The molecule has 0 aromatic heterocycles. The molecule has 0 bridgehead atoms. The van der Waals surface area contributed by atoms with Crippen molar-refractivity contribution < 1.29 is 5.11 Å². The molecule has 0 saturated carbocycles. The van der Waals surface area contributed by atoms with Crippen molar-refractivity contribution in [3.05, 3.63) is 0 Å². The quantitative estimate of drug-likeness (QED) is 0.670. The Hall–Kier alpha value is -0.590. The highest BCUT2D eigenvalue weighted by molar-refractivity contribution is 4.85. The van der Waals surface area contributed by atoms with Crippen molar-refractivity contribution in [3.63, 3.8) is 0 Å². The van der Waals surface area contributed by atoms with Crippen LogP contribution in [0.15, 0.2) is 0 Å². The Bertz CT molecular complexity index is 185. The normalized spacial score (nSPS) is 13.1. The summed E-state index contributed by atoms with van der Waals surface area (Å²) in [4.78, 5) is 2.29. The molecule has 0 radical (unpaired) electrons. The molecule has 3 nitrogen and oxygen atoms in total. The minimum Gasteiger partial charge on any atom is -0.395 e. The molecular weight excluding hydrogens is 188 g/mol. The van der Waals surface area contributed by atoms with Gasteiger partial charge in [-0.25, -0.2) is 0 Å². The van der Waals surface area contributed by atoms with Crippen LogP contribution in [0.3, 0.4) is 0 Å². The van der Waals surface area contributed by atoms with Gasteiger partial charge in [0.1, 0.15) is 0 Å². The van der Waals surface area contributed by atoms with Crippen LogP contribution in [0.2, 0.25) is 0 Å². The van der Waals surface area contributed by atoms with E-state index in [2.05, 4.69) is 31.7 Å². The van der Waals surface area contributed by atoms with Crippen molar-refractivity contribution in [2.75, 3.05) is 13.2 Å². The Labute approximate surface area is 93.7 Å². The monoisotopic (exact) mass is 212 g/mol. The number of hydrogen-bond acceptors (Lipinski definition) is 3. The van der Waals surface area contributed by atoms with Gasteiger partial charge >= 0.3 is 0 Å². The Balaban J connectivity index is 4.51. The molecule has 0 aliphatic carbocycles. The number of nitriles is 1. The molecule has 0 amide bonds. The topological polar surface area (TPSA) is 47.3 Å². The van der Waals surface area contributed by atoms with Gasteiger partial charge in [-0.2, -0.15) is 5.26 Å². The van der Waals surface area contributed by atoms with Gasteiger partial charge in [-0.05, 0) is 19.3 Å². The number of hydrogen-bond donors (Lipinski definition) is 1. The first-order chi connectivity index (χ1) is 7.24. The third-order valence-electron chi connectivity index (χ3n) is 3.04. The maximum atomic E-state index is 9.06. The maximum Gasteiger partial charge on any atom is 0.0638 e. The van der Waals surface area contributed by atoms with Gasteiger partial charge in [0.15, 0.2) is 0 Å². The summed E-state index contributed by atoms with van der Waals surface area (Å²) < 4.78 is 0. The Kier molecular flexibility index (Phi) is 8.35. The van der Waals surface area contributed by atoms with Gasteiger partial charge in [0.2, 0.25) is 0 Å². The third kappa shape index (κ3) is 4.63. The van der Waals surface area contributed by atoms with Crippen molar-refractivity contribution in [1.82, 2.24) is 4.90 Å².